The zero-order valence-electron chi connectivity index (χ0n) is 14.5. The van der Waals surface area contributed by atoms with Gasteiger partial charge >= 0.3 is 0 Å². The van der Waals surface area contributed by atoms with E-state index in [9.17, 15) is 0 Å². The number of anilines is 2. The molecule has 2 aromatic rings. The summed E-state index contributed by atoms with van der Waals surface area (Å²) in [7, 11) is 0. The van der Waals surface area contributed by atoms with Crippen LogP contribution in [-0.2, 0) is 0 Å². The maximum Gasteiger partial charge on any atom is 0.153 e. The van der Waals surface area contributed by atoms with E-state index in [1.165, 1.54) is 0 Å². The molecule has 0 amide bonds. The van der Waals surface area contributed by atoms with Gasteiger partial charge in [0, 0.05) is 19.6 Å². The monoisotopic (exact) mass is 360 g/mol. The van der Waals surface area contributed by atoms with E-state index in [1.54, 1.807) is 36.4 Å². The van der Waals surface area contributed by atoms with Gasteiger partial charge in [0.15, 0.2) is 5.82 Å². The van der Waals surface area contributed by atoms with Crippen LogP contribution in [0.2, 0.25) is 0 Å². The van der Waals surface area contributed by atoms with Crippen molar-refractivity contribution in [1.29, 1.82) is 0 Å². The molecule has 0 saturated heterocycles. The highest BCUT2D eigenvalue weighted by Gasteiger charge is 2.04. The molecular weight excluding hydrogens is 336 g/mol. The Morgan fingerprint density at radius 3 is 2.23 bits per heavy atom. The van der Waals surface area contributed by atoms with Gasteiger partial charge in [-0.25, -0.2) is 4.98 Å². The van der Waals surface area contributed by atoms with Gasteiger partial charge in [-0.3, -0.25) is 4.90 Å². The van der Waals surface area contributed by atoms with Crippen LogP contribution in [0.4, 0.5) is 23.0 Å². The van der Waals surface area contributed by atoms with Gasteiger partial charge in [-0.1, -0.05) is 0 Å². The topological polar surface area (TPSA) is 143 Å². The highest BCUT2D eigenvalue weighted by Crippen LogP contribution is 2.24. The number of ether oxygens (including phenoxy) is 1. The zero-order chi connectivity index (χ0) is 18.8. The lowest BCUT2D eigenvalue weighted by Gasteiger charge is -2.20. The van der Waals surface area contributed by atoms with Crippen molar-refractivity contribution in [2.75, 3.05) is 50.9 Å². The van der Waals surface area contributed by atoms with Gasteiger partial charge in [0.25, 0.3) is 0 Å². The summed E-state index contributed by atoms with van der Waals surface area (Å²) >= 11 is 0. The second-order valence-corrected chi connectivity index (χ2v) is 5.47. The van der Waals surface area contributed by atoms with Crippen molar-refractivity contribution in [2.45, 2.75) is 0 Å². The molecule has 0 bridgehead atoms. The Hall–Kier alpha value is -2.75. The number of aliphatic hydroxyl groups excluding tert-OH is 2. The van der Waals surface area contributed by atoms with E-state index in [-0.39, 0.29) is 19.0 Å². The molecule has 1 heterocycles. The van der Waals surface area contributed by atoms with Crippen LogP contribution < -0.4 is 16.2 Å². The fourth-order valence-electron chi connectivity index (χ4n) is 2.20. The number of nitrogens with zero attached hydrogens (tertiary/aromatic N) is 4. The molecule has 0 radical (unpaired) electrons. The maximum atomic E-state index is 8.97. The summed E-state index contributed by atoms with van der Waals surface area (Å²) in [6, 6.07) is 10.4. The largest absolute Gasteiger partial charge is 0.492 e. The number of rotatable bonds is 10. The molecule has 26 heavy (non-hydrogen) atoms. The SMILES string of the molecule is Nc1ccc(N=Nc2ccc(OCCN(CCO)CCO)cc2)c(N)n1. The predicted octanol–water partition coefficient (Wildman–Crippen LogP) is 1.33. The van der Waals surface area contributed by atoms with Crippen molar-refractivity contribution in [1.82, 2.24) is 9.88 Å². The summed E-state index contributed by atoms with van der Waals surface area (Å²) in [5.74, 6) is 1.26. The first-order chi connectivity index (χ1) is 12.6. The minimum atomic E-state index is 0.0493. The molecule has 9 heteroatoms. The quantitative estimate of drug-likeness (QED) is 0.468. The third-order valence-electron chi connectivity index (χ3n) is 3.54. The summed E-state index contributed by atoms with van der Waals surface area (Å²) in [4.78, 5) is 5.84. The molecule has 6 N–H and O–H groups in total. The third kappa shape index (κ3) is 6.28. The molecule has 140 valence electrons. The number of nitrogens with two attached hydrogens (primary N) is 2. The molecule has 0 aliphatic carbocycles. The van der Waals surface area contributed by atoms with Gasteiger partial charge in [0.05, 0.1) is 18.9 Å². The molecule has 1 aromatic heterocycles. The Kier molecular flexibility index (Phi) is 7.75. The van der Waals surface area contributed by atoms with E-state index in [4.69, 9.17) is 26.4 Å². The standard InChI is InChI=1S/C17H24N6O3/c18-16-6-5-15(17(19)20-16)22-21-13-1-3-14(4-2-13)26-12-9-23(7-10-24)8-11-25/h1-6,24-25H,7-12H2,(H4,18,19,20). The summed E-state index contributed by atoms with van der Waals surface area (Å²) in [5, 5.41) is 26.1. The number of hydrogen-bond acceptors (Lipinski definition) is 9. The average Bonchev–Trinajstić information content (AvgIpc) is 2.62. The molecular formula is C17H24N6O3. The molecule has 0 fully saturated rings. The van der Waals surface area contributed by atoms with Crippen molar-refractivity contribution in [2.24, 2.45) is 10.2 Å². The van der Waals surface area contributed by atoms with Crippen molar-refractivity contribution >= 4 is 23.0 Å². The van der Waals surface area contributed by atoms with Crippen LogP contribution in [0.3, 0.4) is 0 Å². The van der Waals surface area contributed by atoms with Gasteiger partial charge in [-0.15, -0.1) is 5.11 Å². The summed E-state index contributed by atoms with van der Waals surface area (Å²) in [6.07, 6.45) is 0. The number of nitrogen functional groups attached to an aromatic ring is 2. The van der Waals surface area contributed by atoms with Crippen molar-refractivity contribution in [3.8, 4) is 5.75 Å². The highest BCUT2D eigenvalue weighted by molar-refractivity contribution is 5.60. The van der Waals surface area contributed by atoms with Gasteiger partial charge in [0.1, 0.15) is 23.9 Å². The molecule has 0 saturated carbocycles. The van der Waals surface area contributed by atoms with E-state index >= 15 is 0 Å². The molecule has 0 atom stereocenters. The normalized spacial score (nSPS) is 11.3. The van der Waals surface area contributed by atoms with Crippen LogP contribution in [0.5, 0.6) is 5.75 Å². The van der Waals surface area contributed by atoms with E-state index in [0.717, 1.165) is 0 Å². The zero-order valence-corrected chi connectivity index (χ0v) is 14.5. The van der Waals surface area contributed by atoms with E-state index in [1.807, 2.05) is 4.90 Å². The van der Waals surface area contributed by atoms with Crippen molar-refractivity contribution in [3.63, 3.8) is 0 Å². The van der Waals surface area contributed by atoms with Crippen LogP contribution in [-0.4, -0.2) is 59.6 Å². The molecule has 0 aliphatic rings. The Morgan fingerprint density at radius 1 is 0.923 bits per heavy atom. The smallest absolute Gasteiger partial charge is 0.153 e. The van der Waals surface area contributed by atoms with Gasteiger partial charge in [-0.05, 0) is 36.4 Å². The lowest BCUT2D eigenvalue weighted by molar-refractivity contribution is 0.141. The van der Waals surface area contributed by atoms with Crippen LogP contribution >= 0.6 is 0 Å². The van der Waals surface area contributed by atoms with E-state index in [2.05, 4.69) is 15.2 Å². The Bertz CT molecular complexity index is 702. The first-order valence-corrected chi connectivity index (χ1v) is 8.23. The molecule has 0 spiro atoms. The molecule has 2 rings (SSSR count). The van der Waals surface area contributed by atoms with Crippen molar-refractivity contribution in [3.05, 3.63) is 36.4 Å². The number of aromatic nitrogens is 1. The van der Waals surface area contributed by atoms with Crippen LogP contribution in [0.25, 0.3) is 0 Å². The second-order valence-electron chi connectivity index (χ2n) is 5.47. The molecule has 1 aromatic carbocycles. The van der Waals surface area contributed by atoms with E-state index in [0.29, 0.717) is 49.2 Å². The minimum Gasteiger partial charge on any atom is -0.492 e. The van der Waals surface area contributed by atoms with Gasteiger partial charge < -0.3 is 26.4 Å². The van der Waals surface area contributed by atoms with Gasteiger partial charge in [-0.2, -0.15) is 5.11 Å². The Morgan fingerprint density at radius 2 is 1.62 bits per heavy atom. The molecule has 9 nitrogen and oxygen atoms in total. The lowest BCUT2D eigenvalue weighted by Crippen LogP contribution is -2.33. The number of pyridine rings is 1. The summed E-state index contributed by atoms with van der Waals surface area (Å²) < 4.78 is 5.66. The fourth-order valence-corrected chi connectivity index (χ4v) is 2.20. The second kappa shape index (κ2) is 10.3. The van der Waals surface area contributed by atoms with E-state index < -0.39 is 0 Å². The number of hydrogen-bond donors (Lipinski definition) is 4. The first-order valence-electron chi connectivity index (χ1n) is 8.23. The molecule has 0 unspecified atom stereocenters. The minimum absolute atomic E-state index is 0.0493. The lowest BCUT2D eigenvalue weighted by atomic mass is 10.3. The van der Waals surface area contributed by atoms with Crippen LogP contribution in [0.1, 0.15) is 0 Å². The van der Waals surface area contributed by atoms with Crippen LogP contribution in [0.15, 0.2) is 46.6 Å². The first kappa shape index (κ1) is 19.6. The van der Waals surface area contributed by atoms with Gasteiger partial charge in [0.2, 0.25) is 0 Å². The molecule has 0 aliphatic heterocycles. The Balaban J connectivity index is 1.86. The summed E-state index contributed by atoms with van der Waals surface area (Å²) in [5.41, 5.74) is 12.4. The number of aliphatic hydroxyl groups is 2. The Labute approximate surface area is 151 Å². The summed E-state index contributed by atoms with van der Waals surface area (Å²) in [6.45, 7) is 2.18. The third-order valence-corrected chi connectivity index (χ3v) is 3.54. The average molecular weight is 360 g/mol. The number of benzene rings is 1. The predicted molar refractivity (Wildman–Crippen MR) is 99.8 cm³/mol. The van der Waals surface area contributed by atoms with Crippen LogP contribution in [0, 0.1) is 0 Å². The highest BCUT2D eigenvalue weighted by atomic mass is 16.5. The van der Waals surface area contributed by atoms with Crippen molar-refractivity contribution < 1.29 is 14.9 Å². The fraction of sp³-hybridized carbons (Fsp3) is 0.353. The maximum absolute atomic E-state index is 8.97. The number of azo groups is 1.